The number of halogens is 1. The number of carbonyl (C=O) groups is 1. The molecule has 0 bridgehead atoms. The summed E-state index contributed by atoms with van der Waals surface area (Å²) in [6, 6.07) is 1.61. The molecule has 1 fully saturated rings. The summed E-state index contributed by atoms with van der Waals surface area (Å²) in [5.41, 5.74) is 0.410. The number of amides is 1. The molecule has 1 aromatic rings. The van der Waals surface area contributed by atoms with E-state index in [0.29, 0.717) is 11.6 Å². The normalized spacial score (nSPS) is 18.1. The van der Waals surface area contributed by atoms with E-state index in [1.54, 1.807) is 6.07 Å². The summed E-state index contributed by atoms with van der Waals surface area (Å²) in [7, 11) is 0. The van der Waals surface area contributed by atoms with Crippen molar-refractivity contribution in [3.8, 4) is 0 Å². The number of likely N-dealkylation sites (tertiary alicyclic amines) is 1. The Balaban J connectivity index is 1.93. The largest absolute Gasteiger partial charge is 0.364 e. The van der Waals surface area contributed by atoms with Gasteiger partial charge in [-0.05, 0) is 18.8 Å². The van der Waals surface area contributed by atoms with Gasteiger partial charge in [-0.15, -0.1) is 0 Å². The van der Waals surface area contributed by atoms with Crippen molar-refractivity contribution in [3.63, 3.8) is 0 Å². The molecule has 0 unspecified atom stereocenters. The van der Waals surface area contributed by atoms with Crippen molar-refractivity contribution in [1.82, 2.24) is 10.1 Å². The molecule has 0 spiro atoms. The van der Waals surface area contributed by atoms with Crippen LogP contribution in [0.1, 0.15) is 23.3 Å². The highest BCUT2D eigenvalue weighted by molar-refractivity contribution is 9.09. The zero-order chi connectivity index (χ0) is 10.7. The lowest BCUT2D eigenvalue weighted by Gasteiger charge is -2.30. The summed E-state index contributed by atoms with van der Waals surface area (Å²) in [6.07, 6.45) is 3.56. The minimum absolute atomic E-state index is 0.0169. The van der Waals surface area contributed by atoms with Crippen LogP contribution < -0.4 is 0 Å². The van der Waals surface area contributed by atoms with Crippen molar-refractivity contribution in [2.45, 2.75) is 12.8 Å². The summed E-state index contributed by atoms with van der Waals surface area (Å²) >= 11 is 3.48. The van der Waals surface area contributed by atoms with Crippen LogP contribution >= 0.6 is 15.9 Å². The Morgan fingerprint density at radius 1 is 1.60 bits per heavy atom. The van der Waals surface area contributed by atoms with Gasteiger partial charge >= 0.3 is 0 Å². The molecule has 1 aromatic heterocycles. The van der Waals surface area contributed by atoms with E-state index in [1.807, 2.05) is 4.90 Å². The lowest BCUT2D eigenvalue weighted by molar-refractivity contribution is 0.0688. The fraction of sp³-hybridized carbons (Fsp3) is 0.600. The zero-order valence-corrected chi connectivity index (χ0v) is 9.94. The molecule has 0 radical (unpaired) electrons. The van der Waals surface area contributed by atoms with E-state index < -0.39 is 0 Å². The first-order chi connectivity index (χ1) is 7.31. The van der Waals surface area contributed by atoms with Crippen molar-refractivity contribution in [2.75, 3.05) is 18.4 Å². The Labute approximate surface area is 96.7 Å². The molecule has 1 saturated heterocycles. The first-order valence-corrected chi connectivity index (χ1v) is 6.19. The minimum Gasteiger partial charge on any atom is -0.364 e. The maximum absolute atomic E-state index is 11.8. The molecular weight excluding hydrogens is 260 g/mol. The van der Waals surface area contributed by atoms with Crippen LogP contribution in [0, 0.1) is 5.92 Å². The van der Waals surface area contributed by atoms with Crippen LogP contribution in [0.15, 0.2) is 16.9 Å². The average molecular weight is 273 g/mol. The van der Waals surface area contributed by atoms with Crippen molar-refractivity contribution >= 4 is 21.8 Å². The molecule has 0 N–H and O–H groups in total. The fourth-order valence-corrected chi connectivity index (χ4v) is 2.42. The molecule has 2 heterocycles. The van der Waals surface area contributed by atoms with Gasteiger partial charge in [0.25, 0.3) is 5.91 Å². The van der Waals surface area contributed by atoms with E-state index in [4.69, 9.17) is 0 Å². The number of rotatable bonds is 2. The van der Waals surface area contributed by atoms with Gasteiger partial charge in [0.05, 0.1) is 0 Å². The van der Waals surface area contributed by atoms with Gasteiger partial charge < -0.3 is 9.42 Å². The molecule has 0 atom stereocenters. The van der Waals surface area contributed by atoms with Gasteiger partial charge in [-0.25, -0.2) is 0 Å². The van der Waals surface area contributed by atoms with E-state index in [-0.39, 0.29) is 5.91 Å². The minimum atomic E-state index is -0.0169. The summed E-state index contributed by atoms with van der Waals surface area (Å²) in [6.45, 7) is 1.64. The lowest BCUT2D eigenvalue weighted by atomic mass is 9.99. The summed E-state index contributed by atoms with van der Waals surface area (Å²) in [4.78, 5) is 13.7. The first kappa shape index (κ1) is 10.7. The summed E-state index contributed by atoms with van der Waals surface area (Å²) < 4.78 is 4.66. The average Bonchev–Trinajstić information content (AvgIpc) is 2.82. The van der Waals surface area contributed by atoms with Crippen molar-refractivity contribution in [3.05, 3.63) is 18.0 Å². The van der Waals surface area contributed by atoms with E-state index in [0.717, 1.165) is 31.3 Å². The molecule has 1 amide bonds. The van der Waals surface area contributed by atoms with Gasteiger partial charge in [0.1, 0.15) is 6.26 Å². The summed E-state index contributed by atoms with van der Waals surface area (Å²) in [5, 5.41) is 4.68. The third-order valence-corrected chi connectivity index (χ3v) is 3.69. The number of hydrogen-bond donors (Lipinski definition) is 0. The molecule has 82 valence electrons. The second kappa shape index (κ2) is 4.79. The van der Waals surface area contributed by atoms with Crippen molar-refractivity contribution in [1.29, 1.82) is 0 Å². The van der Waals surface area contributed by atoms with Gasteiger partial charge in [-0.2, -0.15) is 0 Å². The van der Waals surface area contributed by atoms with E-state index in [2.05, 4.69) is 25.6 Å². The van der Waals surface area contributed by atoms with E-state index in [9.17, 15) is 4.79 Å². The van der Waals surface area contributed by atoms with Crippen LogP contribution in [0.3, 0.4) is 0 Å². The first-order valence-electron chi connectivity index (χ1n) is 5.07. The van der Waals surface area contributed by atoms with E-state index in [1.165, 1.54) is 6.26 Å². The van der Waals surface area contributed by atoms with Crippen molar-refractivity contribution < 1.29 is 9.32 Å². The molecule has 2 rings (SSSR count). The number of carbonyl (C=O) groups excluding carboxylic acids is 1. The number of piperidine rings is 1. The van der Waals surface area contributed by atoms with Crippen LogP contribution in [0.5, 0.6) is 0 Å². The van der Waals surface area contributed by atoms with Gasteiger partial charge in [-0.1, -0.05) is 21.1 Å². The number of nitrogens with zero attached hydrogens (tertiary/aromatic N) is 2. The highest BCUT2D eigenvalue weighted by Crippen LogP contribution is 2.20. The zero-order valence-electron chi connectivity index (χ0n) is 8.36. The van der Waals surface area contributed by atoms with Gasteiger partial charge in [0.2, 0.25) is 0 Å². The topological polar surface area (TPSA) is 46.3 Å². The Hall–Kier alpha value is -0.840. The number of aromatic nitrogens is 1. The smallest absolute Gasteiger partial charge is 0.276 e. The molecule has 1 aliphatic rings. The van der Waals surface area contributed by atoms with Gasteiger partial charge in [-0.3, -0.25) is 4.79 Å². The monoisotopic (exact) mass is 272 g/mol. The second-order valence-electron chi connectivity index (χ2n) is 3.77. The Kier molecular flexibility index (Phi) is 3.41. The predicted molar refractivity (Wildman–Crippen MR) is 58.9 cm³/mol. The molecule has 0 saturated carbocycles. The Morgan fingerprint density at radius 3 is 2.87 bits per heavy atom. The molecule has 1 aliphatic heterocycles. The molecule has 5 heteroatoms. The molecule has 0 aromatic carbocycles. The Morgan fingerprint density at radius 2 is 2.33 bits per heavy atom. The molecule has 15 heavy (non-hydrogen) atoms. The number of hydrogen-bond acceptors (Lipinski definition) is 3. The van der Waals surface area contributed by atoms with Crippen LogP contribution in [0.4, 0.5) is 0 Å². The Bertz CT molecular complexity index is 318. The highest BCUT2D eigenvalue weighted by Gasteiger charge is 2.24. The predicted octanol–water partition coefficient (Wildman–Crippen LogP) is 1.92. The van der Waals surface area contributed by atoms with Crippen LogP contribution in [0.25, 0.3) is 0 Å². The molecule has 0 aliphatic carbocycles. The SMILES string of the molecule is O=C(c1ccon1)N1CCC(CBr)CC1. The molecule has 4 nitrogen and oxygen atoms in total. The maximum atomic E-state index is 11.8. The standard InChI is InChI=1S/C10H13BrN2O2/c11-7-8-1-4-13(5-2-8)10(14)9-3-6-15-12-9/h3,6,8H,1-2,4-5,7H2. The van der Waals surface area contributed by atoms with Crippen LogP contribution in [-0.4, -0.2) is 34.4 Å². The highest BCUT2D eigenvalue weighted by atomic mass is 79.9. The fourth-order valence-electron chi connectivity index (χ4n) is 1.78. The third-order valence-electron chi connectivity index (χ3n) is 2.78. The van der Waals surface area contributed by atoms with Crippen LogP contribution in [0.2, 0.25) is 0 Å². The van der Waals surface area contributed by atoms with Gasteiger partial charge in [0, 0.05) is 24.5 Å². The second-order valence-corrected chi connectivity index (χ2v) is 4.42. The lowest BCUT2D eigenvalue weighted by Crippen LogP contribution is -2.38. The maximum Gasteiger partial charge on any atom is 0.276 e. The summed E-state index contributed by atoms with van der Waals surface area (Å²) in [5.74, 6) is 0.683. The van der Waals surface area contributed by atoms with E-state index >= 15 is 0 Å². The quantitative estimate of drug-likeness (QED) is 0.773. The number of alkyl halides is 1. The van der Waals surface area contributed by atoms with Crippen molar-refractivity contribution in [2.24, 2.45) is 5.92 Å². The van der Waals surface area contributed by atoms with Crippen LogP contribution in [-0.2, 0) is 0 Å². The molecular formula is C10H13BrN2O2. The van der Waals surface area contributed by atoms with Gasteiger partial charge in [0.15, 0.2) is 5.69 Å². The third kappa shape index (κ3) is 2.40.